The molecule has 1 aliphatic rings. The number of piperidine rings is 1. The lowest BCUT2D eigenvalue weighted by Gasteiger charge is -2.30. The monoisotopic (exact) mass is 285 g/mol. The van der Waals surface area contributed by atoms with E-state index in [0.29, 0.717) is 6.42 Å². The van der Waals surface area contributed by atoms with E-state index >= 15 is 0 Å². The zero-order chi connectivity index (χ0) is 15.0. The minimum absolute atomic E-state index is 0.226. The van der Waals surface area contributed by atoms with Crippen LogP contribution in [0, 0.1) is 19.8 Å². The lowest BCUT2D eigenvalue weighted by atomic mass is 9.98. The molecule has 2 aromatic rings. The van der Waals surface area contributed by atoms with Gasteiger partial charge >= 0.3 is 0 Å². The number of carbonyl (C=O) groups excluding carboxylic acids is 1. The van der Waals surface area contributed by atoms with Crippen molar-refractivity contribution in [1.29, 1.82) is 0 Å². The summed E-state index contributed by atoms with van der Waals surface area (Å²) in [6.07, 6.45) is 4.44. The second-order valence-corrected chi connectivity index (χ2v) is 6.46. The van der Waals surface area contributed by atoms with Gasteiger partial charge in [-0.05, 0) is 49.8 Å². The van der Waals surface area contributed by atoms with Crippen LogP contribution in [0.25, 0.3) is 11.0 Å². The molecule has 2 heterocycles. The van der Waals surface area contributed by atoms with Gasteiger partial charge in [-0.15, -0.1) is 0 Å². The topological polar surface area (TPSA) is 33.5 Å². The number of aryl methyl sites for hydroxylation is 2. The molecule has 1 amide bonds. The molecule has 1 fully saturated rings. The highest BCUT2D eigenvalue weighted by molar-refractivity contribution is 5.90. The van der Waals surface area contributed by atoms with E-state index in [1.807, 2.05) is 11.0 Å². The molecular weight excluding hydrogens is 262 g/mol. The van der Waals surface area contributed by atoms with Gasteiger partial charge in [0.25, 0.3) is 0 Å². The maximum absolute atomic E-state index is 12.5. The Balaban J connectivity index is 1.80. The molecule has 0 saturated carbocycles. The van der Waals surface area contributed by atoms with E-state index in [1.165, 1.54) is 11.1 Å². The zero-order valence-electron chi connectivity index (χ0n) is 13.1. The van der Waals surface area contributed by atoms with Crippen LogP contribution in [0.3, 0.4) is 0 Å². The van der Waals surface area contributed by atoms with Crippen molar-refractivity contribution < 1.29 is 9.21 Å². The second-order valence-electron chi connectivity index (χ2n) is 6.46. The summed E-state index contributed by atoms with van der Waals surface area (Å²) in [6, 6.07) is 4.19. The van der Waals surface area contributed by atoms with Crippen LogP contribution in [0.1, 0.15) is 36.5 Å². The van der Waals surface area contributed by atoms with Crippen molar-refractivity contribution in [3.8, 4) is 0 Å². The zero-order valence-corrected chi connectivity index (χ0v) is 13.1. The highest BCUT2D eigenvalue weighted by Crippen LogP contribution is 2.27. The summed E-state index contributed by atoms with van der Waals surface area (Å²) in [4.78, 5) is 14.5. The van der Waals surface area contributed by atoms with E-state index in [1.54, 1.807) is 6.26 Å². The van der Waals surface area contributed by atoms with Crippen molar-refractivity contribution in [2.75, 3.05) is 13.1 Å². The maximum atomic E-state index is 12.5. The molecule has 3 heteroatoms. The number of hydrogen-bond donors (Lipinski definition) is 0. The van der Waals surface area contributed by atoms with Gasteiger partial charge in [-0.3, -0.25) is 4.79 Å². The van der Waals surface area contributed by atoms with Gasteiger partial charge < -0.3 is 9.32 Å². The van der Waals surface area contributed by atoms with Gasteiger partial charge in [-0.25, -0.2) is 0 Å². The predicted molar refractivity (Wildman–Crippen MR) is 84.4 cm³/mol. The number of hydrogen-bond acceptors (Lipinski definition) is 2. The quantitative estimate of drug-likeness (QED) is 0.839. The third-order valence-electron chi connectivity index (χ3n) is 4.57. The standard InChI is InChI=1S/C18H23NO2/c1-12-4-6-19(7-5-12)17(20)10-15-11-21-16-9-13(2)8-14(3)18(15)16/h8-9,11-12H,4-7,10H2,1-3H3. The molecule has 0 atom stereocenters. The average molecular weight is 285 g/mol. The summed E-state index contributed by atoms with van der Waals surface area (Å²) in [7, 11) is 0. The van der Waals surface area contributed by atoms with E-state index in [0.717, 1.165) is 48.4 Å². The molecule has 1 aromatic carbocycles. The van der Waals surface area contributed by atoms with E-state index in [4.69, 9.17) is 4.42 Å². The van der Waals surface area contributed by atoms with E-state index in [2.05, 4.69) is 26.8 Å². The van der Waals surface area contributed by atoms with Crippen molar-refractivity contribution in [3.05, 3.63) is 35.1 Å². The normalized spacial score (nSPS) is 16.6. The first kappa shape index (κ1) is 14.2. The van der Waals surface area contributed by atoms with Crippen LogP contribution in [0.4, 0.5) is 0 Å². The fraction of sp³-hybridized carbons (Fsp3) is 0.500. The number of furan rings is 1. The predicted octanol–water partition coefficient (Wildman–Crippen LogP) is 3.85. The molecule has 21 heavy (non-hydrogen) atoms. The lowest BCUT2D eigenvalue weighted by Crippen LogP contribution is -2.38. The molecule has 1 aliphatic heterocycles. The Hall–Kier alpha value is -1.77. The van der Waals surface area contributed by atoms with Crippen LogP contribution in [0.15, 0.2) is 22.8 Å². The number of benzene rings is 1. The average Bonchev–Trinajstić information content (AvgIpc) is 2.82. The molecule has 1 aromatic heterocycles. The van der Waals surface area contributed by atoms with Crippen LogP contribution in [-0.2, 0) is 11.2 Å². The Morgan fingerprint density at radius 2 is 2.00 bits per heavy atom. The van der Waals surface area contributed by atoms with Crippen LogP contribution in [0.2, 0.25) is 0 Å². The van der Waals surface area contributed by atoms with Crippen LogP contribution >= 0.6 is 0 Å². The van der Waals surface area contributed by atoms with E-state index < -0.39 is 0 Å². The molecule has 0 unspecified atom stereocenters. The van der Waals surface area contributed by atoms with Gasteiger partial charge in [0.05, 0.1) is 12.7 Å². The molecule has 0 spiro atoms. The maximum Gasteiger partial charge on any atom is 0.227 e. The van der Waals surface area contributed by atoms with Crippen molar-refractivity contribution >= 4 is 16.9 Å². The Labute approximate surface area is 125 Å². The van der Waals surface area contributed by atoms with Gasteiger partial charge in [0, 0.05) is 24.0 Å². The first-order valence-electron chi connectivity index (χ1n) is 7.79. The number of amides is 1. The van der Waals surface area contributed by atoms with Crippen molar-refractivity contribution in [2.24, 2.45) is 5.92 Å². The van der Waals surface area contributed by atoms with E-state index in [-0.39, 0.29) is 5.91 Å². The molecule has 3 nitrogen and oxygen atoms in total. The third kappa shape index (κ3) is 2.82. The van der Waals surface area contributed by atoms with Crippen molar-refractivity contribution in [3.63, 3.8) is 0 Å². The Bertz CT molecular complexity index is 663. The number of nitrogens with zero attached hydrogens (tertiary/aromatic N) is 1. The molecule has 0 aliphatic carbocycles. The van der Waals surface area contributed by atoms with Gasteiger partial charge in [0.15, 0.2) is 0 Å². The van der Waals surface area contributed by atoms with Gasteiger partial charge in [-0.2, -0.15) is 0 Å². The highest BCUT2D eigenvalue weighted by Gasteiger charge is 2.22. The number of rotatable bonds is 2. The summed E-state index contributed by atoms with van der Waals surface area (Å²) in [5, 5.41) is 1.11. The van der Waals surface area contributed by atoms with Crippen LogP contribution in [0.5, 0.6) is 0 Å². The van der Waals surface area contributed by atoms with E-state index in [9.17, 15) is 4.79 Å². The molecular formula is C18H23NO2. The van der Waals surface area contributed by atoms with Gasteiger partial charge in [0.1, 0.15) is 5.58 Å². The first-order chi connectivity index (χ1) is 10.0. The summed E-state index contributed by atoms with van der Waals surface area (Å²) >= 11 is 0. The first-order valence-corrected chi connectivity index (χ1v) is 7.79. The SMILES string of the molecule is Cc1cc(C)c2c(CC(=O)N3CCC(C)CC3)coc2c1. The summed E-state index contributed by atoms with van der Waals surface area (Å²) in [6.45, 7) is 8.20. The number of likely N-dealkylation sites (tertiary alicyclic amines) is 1. The molecule has 0 N–H and O–H groups in total. The summed E-state index contributed by atoms with van der Waals surface area (Å²) in [5.41, 5.74) is 4.29. The summed E-state index contributed by atoms with van der Waals surface area (Å²) in [5.74, 6) is 0.971. The van der Waals surface area contributed by atoms with Crippen molar-refractivity contribution in [2.45, 2.75) is 40.0 Å². The molecule has 0 bridgehead atoms. The second kappa shape index (κ2) is 5.55. The van der Waals surface area contributed by atoms with Crippen molar-refractivity contribution in [1.82, 2.24) is 4.90 Å². The number of fused-ring (bicyclic) bond motifs is 1. The highest BCUT2D eigenvalue weighted by atomic mass is 16.3. The fourth-order valence-corrected chi connectivity index (χ4v) is 3.29. The van der Waals surface area contributed by atoms with Gasteiger partial charge in [-0.1, -0.05) is 13.0 Å². The summed E-state index contributed by atoms with van der Waals surface area (Å²) < 4.78 is 5.65. The minimum Gasteiger partial charge on any atom is -0.464 e. The smallest absolute Gasteiger partial charge is 0.227 e. The van der Waals surface area contributed by atoms with Gasteiger partial charge in [0.2, 0.25) is 5.91 Å². The number of carbonyl (C=O) groups is 1. The molecule has 3 rings (SSSR count). The Morgan fingerprint density at radius 3 is 2.71 bits per heavy atom. The molecule has 112 valence electrons. The molecule has 0 radical (unpaired) electrons. The van der Waals surface area contributed by atoms with Crippen LogP contribution < -0.4 is 0 Å². The Kier molecular flexibility index (Phi) is 3.75. The lowest BCUT2D eigenvalue weighted by molar-refractivity contribution is -0.131. The Morgan fingerprint density at radius 1 is 1.29 bits per heavy atom. The molecule has 1 saturated heterocycles. The largest absolute Gasteiger partial charge is 0.464 e. The fourth-order valence-electron chi connectivity index (χ4n) is 3.29. The van der Waals surface area contributed by atoms with Crippen LogP contribution in [-0.4, -0.2) is 23.9 Å². The minimum atomic E-state index is 0.226. The third-order valence-corrected chi connectivity index (χ3v) is 4.57.